The predicted molar refractivity (Wildman–Crippen MR) is 90.9 cm³/mol. The van der Waals surface area contributed by atoms with Crippen LogP contribution in [0.1, 0.15) is 47.6 Å². The monoisotopic (exact) mass is 351 g/mol. The molecule has 0 spiro atoms. The molecule has 2 unspecified atom stereocenters. The van der Waals surface area contributed by atoms with Crippen LogP contribution in [0.25, 0.3) is 0 Å². The Labute approximate surface area is 143 Å². The molecule has 4 nitrogen and oxygen atoms in total. The van der Waals surface area contributed by atoms with Crippen molar-refractivity contribution in [3.8, 4) is 0 Å². The number of aryl methyl sites for hydroxylation is 2. The third kappa shape index (κ3) is 2.81. The Hall–Kier alpha value is -1.89. The minimum atomic E-state index is -0.825. The molecule has 1 aromatic heterocycles. The lowest BCUT2D eigenvalue weighted by Crippen LogP contribution is -2.33. The molecule has 0 saturated carbocycles. The first kappa shape index (κ1) is 17.0. The summed E-state index contributed by atoms with van der Waals surface area (Å²) in [7, 11) is 0. The minimum absolute atomic E-state index is 0.0434. The van der Waals surface area contributed by atoms with Crippen molar-refractivity contribution < 1.29 is 13.3 Å². The van der Waals surface area contributed by atoms with Crippen molar-refractivity contribution in [3.63, 3.8) is 0 Å². The van der Waals surface area contributed by atoms with Gasteiger partial charge in [0.2, 0.25) is 0 Å². The molecule has 0 amide bonds. The second kappa shape index (κ2) is 6.20. The SMILES string of the molecule is CCC1(c2ccc(F)cc2F)CC(c2c(C)noc2C)SC(N)=N1. The number of rotatable bonds is 3. The minimum Gasteiger partial charge on any atom is -0.378 e. The molecule has 0 radical (unpaired) electrons. The molecule has 7 heteroatoms. The zero-order valence-corrected chi connectivity index (χ0v) is 14.6. The summed E-state index contributed by atoms with van der Waals surface area (Å²) < 4.78 is 33.0. The van der Waals surface area contributed by atoms with E-state index in [2.05, 4.69) is 10.1 Å². The first-order valence-corrected chi connectivity index (χ1v) is 8.64. The Morgan fingerprint density at radius 2 is 2.12 bits per heavy atom. The molecule has 3 rings (SSSR count). The number of aliphatic imine (C=N–C) groups is 1. The maximum absolute atomic E-state index is 14.4. The number of nitrogens with zero attached hydrogens (tertiary/aromatic N) is 2. The number of nitrogens with two attached hydrogens (primary N) is 1. The molecule has 1 aliphatic rings. The molecular formula is C17H19F2N3OS. The fourth-order valence-corrected chi connectivity index (χ4v) is 4.67. The third-order valence-corrected chi connectivity index (χ3v) is 5.56. The van der Waals surface area contributed by atoms with Gasteiger partial charge in [0, 0.05) is 22.4 Å². The number of amidine groups is 1. The van der Waals surface area contributed by atoms with Gasteiger partial charge < -0.3 is 10.3 Å². The summed E-state index contributed by atoms with van der Waals surface area (Å²) in [6, 6.07) is 3.62. The zero-order valence-electron chi connectivity index (χ0n) is 13.8. The Morgan fingerprint density at radius 3 is 2.71 bits per heavy atom. The first-order valence-electron chi connectivity index (χ1n) is 7.76. The largest absolute Gasteiger partial charge is 0.378 e. The van der Waals surface area contributed by atoms with Gasteiger partial charge in [-0.2, -0.15) is 0 Å². The van der Waals surface area contributed by atoms with Crippen molar-refractivity contribution >= 4 is 16.9 Å². The van der Waals surface area contributed by atoms with E-state index in [-0.39, 0.29) is 5.25 Å². The summed E-state index contributed by atoms with van der Waals surface area (Å²) in [5.41, 5.74) is 7.37. The molecule has 0 saturated heterocycles. The van der Waals surface area contributed by atoms with E-state index < -0.39 is 17.2 Å². The lowest BCUT2D eigenvalue weighted by atomic mass is 9.81. The maximum atomic E-state index is 14.4. The number of benzene rings is 1. The van der Waals surface area contributed by atoms with E-state index in [1.165, 1.54) is 23.9 Å². The fraction of sp³-hybridized carbons (Fsp3) is 0.412. The quantitative estimate of drug-likeness (QED) is 0.892. The number of hydrogen-bond acceptors (Lipinski definition) is 5. The van der Waals surface area contributed by atoms with Crippen molar-refractivity contribution in [3.05, 3.63) is 52.4 Å². The Morgan fingerprint density at radius 1 is 1.38 bits per heavy atom. The molecule has 0 fully saturated rings. The van der Waals surface area contributed by atoms with Crippen LogP contribution in [0.4, 0.5) is 8.78 Å². The first-order chi connectivity index (χ1) is 11.4. The second-order valence-electron chi connectivity index (χ2n) is 6.01. The molecule has 24 heavy (non-hydrogen) atoms. The molecule has 0 aliphatic carbocycles. The molecule has 2 N–H and O–H groups in total. The summed E-state index contributed by atoms with van der Waals surface area (Å²) in [4.78, 5) is 4.56. The summed E-state index contributed by atoms with van der Waals surface area (Å²) in [5, 5.41) is 4.34. The highest BCUT2D eigenvalue weighted by Gasteiger charge is 2.41. The summed E-state index contributed by atoms with van der Waals surface area (Å²) in [5.74, 6) is -0.478. The lowest BCUT2D eigenvalue weighted by Gasteiger charge is -2.37. The predicted octanol–water partition coefficient (Wildman–Crippen LogP) is 4.37. The Balaban J connectivity index is 2.09. The van der Waals surface area contributed by atoms with Gasteiger partial charge >= 0.3 is 0 Å². The highest BCUT2D eigenvalue weighted by molar-refractivity contribution is 8.14. The number of halogens is 2. The average Bonchev–Trinajstić information content (AvgIpc) is 2.85. The van der Waals surface area contributed by atoms with Gasteiger partial charge in [0.1, 0.15) is 17.4 Å². The van der Waals surface area contributed by atoms with Crippen LogP contribution in [-0.2, 0) is 5.54 Å². The van der Waals surface area contributed by atoms with E-state index >= 15 is 0 Å². The van der Waals surface area contributed by atoms with E-state index in [4.69, 9.17) is 10.3 Å². The molecule has 1 aliphatic heterocycles. The standard InChI is InChI=1S/C17H19F2N3OS/c1-4-17(12-6-5-11(18)7-13(12)19)8-14(24-16(20)21-17)15-9(2)22-23-10(15)3/h5-7,14H,4,8H2,1-3H3,(H2,20,21). The molecule has 2 heterocycles. The van der Waals surface area contributed by atoms with Gasteiger partial charge in [-0.15, -0.1) is 0 Å². The van der Waals surface area contributed by atoms with Crippen molar-refractivity contribution in [1.29, 1.82) is 0 Å². The van der Waals surface area contributed by atoms with Gasteiger partial charge in [0.05, 0.1) is 11.2 Å². The summed E-state index contributed by atoms with van der Waals surface area (Å²) in [6.07, 6.45) is 1.09. The molecule has 0 bridgehead atoms. The van der Waals surface area contributed by atoms with Crippen LogP contribution in [0, 0.1) is 25.5 Å². The number of aromatic nitrogens is 1. The second-order valence-corrected chi connectivity index (χ2v) is 7.23. The number of hydrogen-bond donors (Lipinski definition) is 1. The third-order valence-electron chi connectivity index (χ3n) is 4.54. The van der Waals surface area contributed by atoms with Gasteiger partial charge in [0.25, 0.3) is 0 Å². The highest BCUT2D eigenvalue weighted by Crippen LogP contribution is 2.50. The zero-order chi connectivity index (χ0) is 17.5. The summed E-state index contributed by atoms with van der Waals surface area (Å²) in [6.45, 7) is 5.66. The van der Waals surface area contributed by atoms with Crippen LogP contribution < -0.4 is 5.73 Å². The van der Waals surface area contributed by atoms with Crippen LogP contribution in [0.5, 0.6) is 0 Å². The van der Waals surface area contributed by atoms with Crippen LogP contribution in [-0.4, -0.2) is 10.3 Å². The van der Waals surface area contributed by atoms with Crippen molar-refractivity contribution in [2.24, 2.45) is 10.7 Å². The van der Waals surface area contributed by atoms with Crippen LogP contribution >= 0.6 is 11.8 Å². The van der Waals surface area contributed by atoms with Gasteiger partial charge in [-0.25, -0.2) is 8.78 Å². The van der Waals surface area contributed by atoms with E-state index in [1.54, 1.807) is 0 Å². The molecular weight excluding hydrogens is 332 g/mol. The molecule has 1 aromatic carbocycles. The van der Waals surface area contributed by atoms with Crippen molar-refractivity contribution in [1.82, 2.24) is 5.16 Å². The molecule has 128 valence electrons. The van der Waals surface area contributed by atoms with Gasteiger partial charge in [-0.1, -0.05) is 29.9 Å². The topological polar surface area (TPSA) is 64.4 Å². The Kier molecular flexibility index (Phi) is 4.38. The normalized spacial score (nSPS) is 24.0. The van der Waals surface area contributed by atoms with Crippen molar-refractivity contribution in [2.75, 3.05) is 0 Å². The van der Waals surface area contributed by atoms with E-state index in [0.29, 0.717) is 23.6 Å². The van der Waals surface area contributed by atoms with Gasteiger partial charge in [0.15, 0.2) is 5.17 Å². The molecule has 2 atom stereocenters. The Bertz CT molecular complexity index is 786. The fourth-order valence-electron chi connectivity index (χ4n) is 3.34. The van der Waals surface area contributed by atoms with E-state index in [0.717, 1.165) is 23.1 Å². The average molecular weight is 351 g/mol. The smallest absolute Gasteiger partial charge is 0.155 e. The lowest BCUT2D eigenvalue weighted by molar-refractivity contribution is 0.369. The van der Waals surface area contributed by atoms with Gasteiger partial charge in [-0.3, -0.25) is 4.99 Å². The van der Waals surface area contributed by atoms with Crippen LogP contribution in [0.3, 0.4) is 0 Å². The van der Waals surface area contributed by atoms with Crippen LogP contribution in [0.2, 0.25) is 0 Å². The maximum Gasteiger partial charge on any atom is 0.155 e. The van der Waals surface area contributed by atoms with Crippen LogP contribution in [0.15, 0.2) is 27.7 Å². The van der Waals surface area contributed by atoms with E-state index in [1.807, 2.05) is 20.8 Å². The molecule has 2 aromatic rings. The highest BCUT2D eigenvalue weighted by atomic mass is 32.2. The summed E-state index contributed by atoms with van der Waals surface area (Å²) >= 11 is 1.42. The van der Waals surface area contributed by atoms with Gasteiger partial charge in [-0.05, 0) is 32.8 Å². The number of thioether (sulfide) groups is 1. The van der Waals surface area contributed by atoms with E-state index in [9.17, 15) is 8.78 Å². The van der Waals surface area contributed by atoms with Crippen molar-refractivity contribution in [2.45, 2.75) is 44.4 Å².